The third-order valence-corrected chi connectivity index (χ3v) is 4.53. The average molecular weight is 366 g/mol. The Hall–Kier alpha value is -0.420. The molecular weight excluding hydrogens is 331 g/mol. The fourth-order valence-corrected chi connectivity index (χ4v) is 2.97. The smallest absolute Gasteiger partial charge is 0.469 e. The van der Waals surface area contributed by atoms with E-state index in [1.54, 1.807) is 0 Å². The lowest BCUT2D eigenvalue weighted by Crippen LogP contribution is -1.99. The molecule has 24 heavy (non-hydrogen) atoms. The van der Waals surface area contributed by atoms with E-state index in [-0.39, 0.29) is 12.6 Å². The number of phosphoric ester groups is 1. The van der Waals surface area contributed by atoms with Gasteiger partial charge in [0.2, 0.25) is 0 Å². The zero-order valence-electron chi connectivity index (χ0n) is 15.1. The van der Waals surface area contributed by atoms with Gasteiger partial charge in [-0.25, -0.2) is 4.57 Å². The second-order valence-electron chi connectivity index (χ2n) is 6.25. The van der Waals surface area contributed by atoms with Crippen LogP contribution in [0.4, 0.5) is 0 Å². The van der Waals surface area contributed by atoms with Gasteiger partial charge < -0.3 is 14.5 Å². The summed E-state index contributed by atoms with van der Waals surface area (Å²) in [5.74, 6) is -0.107. The van der Waals surface area contributed by atoms with Crippen LogP contribution in [0.5, 0.6) is 0 Å². The number of carbonyl (C=O) groups is 1. The molecule has 0 saturated carbocycles. The van der Waals surface area contributed by atoms with Crippen LogP contribution in [-0.4, -0.2) is 29.5 Å². The van der Waals surface area contributed by atoms with Gasteiger partial charge in [-0.1, -0.05) is 70.6 Å². The first-order valence-electron chi connectivity index (χ1n) is 9.22. The fourth-order valence-electron chi connectivity index (χ4n) is 2.60. The van der Waals surface area contributed by atoms with Crippen molar-refractivity contribution in [3.05, 3.63) is 0 Å². The van der Waals surface area contributed by atoms with Crippen LogP contribution in [-0.2, 0) is 18.6 Å². The minimum atomic E-state index is -4.28. The molecule has 0 aliphatic carbocycles. The van der Waals surface area contributed by atoms with E-state index in [9.17, 15) is 9.36 Å². The summed E-state index contributed by atoms with van der Waals surface area (Å²) in [6.45, 7) is 0.143. The molecule has 2 N–H and O–H groups in total. The maximum absolute atomic E-state index is 10.9. The predicted molar refractivity (Wildman–Crippen MR) is 94.7 cm³/mol. The maximum Gasteiger partial charge on any atom is 0.469 e. The highest BCUT2D eigenvalue weighted by Crippen LogP contribution is 2.35. The molecule has 0 saturated heterocycles. The number of unbranched alkanes of at least 4 members (excludes halogenated alkanes) is 12. The molecule has 0 radical (unpaired) electrons. The molecule has 144 valence electrons. The maximum atomic E-state index is 10.9. The number of methoxy groups -OCH3 is 1. The molecule has 0 aromatic rings. The molecule has 0 unspecified atom stereocenters. The van der Waals surface area contributed by atoms with Crippen molar-refractivity contribution in [3.63, 3.8) is 0 Å². The summed E-state index contributed by atoms with van der Waals surface area (Å²) < 4.78 is 19.5. The second kappa shape index (κ2) is 16.1. The third-order valence-electron chi connectivity index (χ3n) is 4.01. The van der Waals surface area contributed by atoms with Crippen molar-refractivity contribution in [2.24, 2.45) is 0 Å². The van der Waals surface area contributed by atoms with E-state index >= 15 is 0 Å². The van der Waals surface area contributed by atoms with Crippen molar-refractivity contribution in [2.75, 3.05) is 13.7 Å². The largest absolute Gasteiger partial charge is 0.469 e. The highest BCUT2D eigenvalue weighted by Gasteiger charge is 2.12. The number of ether oxygens (including phenoxy) is 1. The topological polar surface area (TPSA) is 93.1 Å². The first-order valence-corrected chi connectivity index (χ1v) is 10.8. The van der Waals surface area contributed by atoms with Gasteiger partial charge in [-0.15, -0.1) is 0 Å². The minimum Gasteiger partial charge on any atom is -0.469 e. The Morgan fingerprint density at radius 2 is 1.12 bits per heavy atom. The van der Waals surface area contributed by atoms with Crippen LogP contribution < -0.4 is 0 Å². The lowest BCUT2D eigenvalue weighted by atomic mass is 10.0. The van der Waals surface area contributed by atoms with E-state index in [4.69, 9.17) is 9.79 Å². The van der Waals surface area contributed by atoms with Gasteiger partial charge in [0.05, 0.1) is 13.7 Å². The second-order valence-corrected chi connectivity index (χ2v) is 7.49. The summed E-state index contributed by atoms with van der Waals surface area (Å²) in [7, 11) is -2.84. The molecule has 0 amide bonds. The number of carbonyl (C=O) groups excluding carboxylic acids is 1. The van der Waals surface area contributed by atoms with Crippen molar-refractivity contribution in [1.29, 1.82) is 0 Å². The van der Waals surface area contributed by atoms with E-state index in [0.29, 0.717) is 12.8 Å². The molecule has 0 aliphatic rings. The van der Waals surface area contributed by atoms with E-state index in [0.717, 1.165) is 25.7 Å². The number of hydrogen-bond acceptors (Lipinski definition) is 4. The Labute approximate surface area is 146 Å². The summed E-state index contributed by atoms with van der Waals surface area (Å²) in [4.78, 5) is 28.0. The van der Waals surface area contributed by atoms with Crippen LogP contribution in [0.1, 0.15) is 89.9 Å². The Bertz CT molecular complexity index is 342. The normalized spacial score (nSPS) is 11.6. The zero-order valence-corrected chi connectivity index (χ0v) is 16.0. The average Bonchev–Trinajstić information content (AvgIpc) is 2.53. The summed E-state index contributed by atoms with van der Waals surface area (Å²) >= 11 is 0. The van der Waals surface area contributed by atoms with E-state index < -0.39 is 7.82 Å². The Balaban J connectivity index is 3.08. The van der Waals surface area contributed by atoms with Crippen molar-refractivity contribution >= 4 is 13.8 Å². The standard InChI is InChI=1S/C17H35O6P/c1-22-17(18)15-13-11-9-7-5-3-2-4-6-8-10-12-14-16-23-24(19,20)21/h2-16H2,1H3,(H2,19,20,21). The first-order chi connectivity index (χ1) is 11.5. The predicted octanol–water partition coefficient (Wildman–Crippen LogP) is 4.73. The van der Waals surface area contributed by atoms with Gasteiger partial charge in [-0.3, -0.25) is 9.32 Å². The van der Waals surface area contributed by atoms with Crippen LogP contribution in [0.15, 0.2) is 0 Å². The van der Waals surface area contributed by atoms with Gasteiger partial charge in [-0.05, 0) is 12.8 Å². The molecule has 0 spiro atoms. The Morgan fingerprint density at radius 1 is 0.750 bits per heavy atom. The minimum absolute atomic E-state index is 0.107. The summed E-state index contributed by atoms with van der Waals surface area (Å²) in [5, 5.41) is 0. The Morgan fingerprint density at radius 3 is 1.50 bits per heavy atom. The lowest BCUT2D eigenvalue weighted by molar-refractivity contribution is -0.140. The van der Waals surface area contributed by atoms with Crippen LogP contribution in [0.2, 0.25) is 0 Å². The van der Waals surface area contributed by atoms with Crippen LogP contribution in [0.25, 0.3) is 0 Å². The van der Waals surface area contributed by atoms with Crippen LogP contribution in [0.3, 0.4) is 0 Å². The molecule has 0 atom stereocenters. The lowest BCUT2D eigenvalue weighted by Gasteiger charge is -2.05. The molecule has 0 rings (SSSR count). The van der Waals surface area contributed by atoms with Crippen molar-refractivity contribution < 1.29 is 28.4 Å². The number of phosphoric acid groups is 1. The SMILES string of the molecule is COC(=O)CCCCCCCCCCCCCCCOP(=O)(O)O. The molecule has 7 heteroatoms. The highest BCUT2D eigenvalue weighted by atomic mass is 31.2. The number of esters is 1. The van der Waals surface area contributed by atoms with Crippen LogP contribution >= 0.6 is 7.82 Å². The van der Waals surface area contributed by atoms with Gasteiger partial charge in [0, 0.05) is 6.42 Å². The van der Waals surface area contributed by atoms with Crippen molar-refractivity contribution in [2.45, 2.75) is 89.9 Å². The molecule has 0 bridgehead atoms. The quantitative estimate of drug-likeness (QED) is 0.220. The third kappa shape index (κ3) is 19.6. The van der Waals surface area contributed by atoms with E-state index in [2.05, 4.69) is 9.26 Å². The van der Waals surface area contributed by atoms with Gasteiger partial charge in [0.25, 0.3) is 0 Å². The molecule has 6 nitrogen and oxygen atoms in total. The van der Waals surface area contributed by atoms with Gasteiger partial charge in [-0.2, -0.15) is 0 Å². The molecule has 0 fully saturated rings. The fraction of sp³-hybridized carbons (Fsp3) is 0.941. The molecule has 0 heterocycles. The monoisotopic (exact) mass is 366 g/mol. The van der Waals surface area contributed by atoms with E-state index in [1.807, 2.05) is 0 Å². The summed E-state index contributed by atoms with van der Waals surface area (Å²) in [6, 6.07) is 0. The first kappa shape index (κ1) is 23.6. The zero-order chi connectivity index (χ0) is 18.1. The molecular formula is C17H35O6P. The highest BCUT2D eigenvalue weighted by molar-refractivity contribution is 7.46. The van der Waals surface area contributed by atoms with E-state index in [1.165, 1.54) is 58.5 Å². The van der Waals surface area contributed by atoms with Crippen molar-refractivity contribution in [3.8, 4) is 0 Å². The Kier molecular flexibility index (Phi) is 15.8. The molecule has 0 aromatic carbocycles. The summed E-state index contributed by atoms with van der Waals surface area (Å²) in [5.41, 5.74) is 0. The van der Waals surface area contributed by atoms with Gasteiger partial charge in [0.15, 0.2) is 0 Å². The van der Waals surface area contributed by atoms with Gasteiger partial charge >= 0.3 is 13.8 Å². The van der Waals surface area contributed by atoms with Gasteiger partial charge in [0.1, 0.15) is 0 Å². The summed E-state index contributed by atoms with van der Waals surface area (Å²) in [6.07, 6.45) is 15.3. The molecule has 0 aromatic heterocycles. The molecule has 0 aliphatic heterocycles. The van der Waals surface area contributed by atoms with Crippen LogP contribution in [0, 0.1) is 0 Å². The van der Waals surface area contributed by atoms with Crippen molar-refractivity contribution in [1.82, 2.24) is 0 Å². The number of rotatable bonds is 17. The number of hydrogen-bond donors (Lipinski definition) is 2.